The summed E-state index contributed by atoms with van der Waals surface area (Å²) in [6.07, 6.45) is 3.16. The molecule has 2 aromatic carbocycles. The number of carbonyl (C=O) groups excluding carboxylic acids is 1. The van der Waals surface area contributed by atoms with Gasteiger partial charge in [-0.2, -0.15) is 0 Å². The van der Waals surface area contributed by atoms with Crippen molar-refractivity contribution in [2.75, 3.05) is 45.4 Å². The van der Waals surface area contributed by atoms with Crippen LogP contribution >= 0.6 is 0 Å². The van der Waals surface area contributed by atoms with Crippen molar-refractivity contribution in [3.05, 3.63) is 53.6 Å². The molecule has 3 rings (SSSR count). The molecule has 0 radical (unpaired) electrons. The van der Waals surface area contributed by atoms with Crippen molar-refractivity contribution in [3.63, 3.8) is 0 Å². The number of morpholine rings is 1. The molecule has 0 bridgehead atoms. The van der Waals surface area contributed by atoms with Gasteiger partial charge in [0.05, 0.1) is 27.4 Å². The summed E-state index contributed by atoms with van der Waals surface area (Å²) in [7, 11) is 2.92. The molecule has 1 saturated heterocycles. The first-order valence-electron chi connectivity index (χ1n) is 8.72. The van der Waals surface area contributed by atoms with Gasteiger partial charge in [-0.25, -0.2) is 0 Å². The SMILES string of the molecule is COc1cc(/C=C/C(=O)c2ccc(N3CCOCC3)cc2)cc(OC)c1O. The summed E-state index contributed by atoms with van der Waals surface area (Å²) in [6.45, 7) is 3.17. The molecule has 1 heterocycles. The number of nitrogens with zero attached hydrogens (tertiary/aromatic N) is 1. The zero-order chi connectivity index (χ0) is 19.2. The number of anilines is 1. The number of allylic oxidation sites excluding steroid dienone is 1. The van der Waals surface area contributed by atoms with E-state index in [-0.39, 0.29) is 23.0 Å². The van der Waals surface area contributed by atoms with Crippen LogP contribution in [0.3, 0.4) is 0 Å². The number of phenols is 1. The van der Waals surface area contributed by atoms with Gasteiger partial charge < -0.3 is 24.2 Å². The van der Waals surface area contributed by atoms with Crippen molar-refractivity contribution in [2.45, 2.75) is 0 Å². The van der Waals surface area contributed by atoms with E-state index in [9.17, 15) is 9.90 Å². The topological polar surface area (TPSA) is 68.2 Å². The van der Waals surface area contributed by atoms with Crippen LogP contribution in [-0.2, 0) is 4.74 Å². The van der Waals surface area contributed by atoms with Gasteiger partial charge in [0, 0.05) is 24.3 Å². The van der Waals surface area contributed by atoms with Crippen LogP contribution in [0.5, 0.6) is 17.2 Å². The molecule has 0 saturated carbocycles. The molecule has 1 N–H and O–H groups in total. The summed E-state index contributed by atoms with van der Waals surface area (Å²) >= 11 is 0. The summed E-state index contributed by atoms with van der Waals surface area (Å²) in [5, 5.41) is 9.95. The number of methoxy groups -OCH3 is 2. The lowest BCUT2D eigenvalue weighted by atomic mass is 10.1. The number of benzene rings is 2. The Bertz CT molecular complexity index is 798. The van der Waals surface area contributed by atoms with E-state index < -0.39 is 0 Å². The predicted octanol–water partition coefficient (Wildman–Crippen LogP) is 3.14. The van der Waals surface area contributed by atoms with E-state index in [0.717, 1.165) is 32.0 Å². The Labute approximate surface area is 158 Å². The Morgan fingerprint density at radius 2 is 1.67 bits per heavy atom. The zero-order valence-electron chi connectivity index (χ0n) is 15.5. The molecule has 0 spiro atoms. The summed E-state index contributed by atoms with van der Waals surface area (Å²) in [5.41, 5.74) is 2.40. The Morgan fingerprint density at radius 1 is 1.07 bits per heavy atom. The standard InChI is InChI=1S/C21H23NO5/c1-25-19-13-15(14-20(26-2)21(19)24)3-8-18(23)16-4-6-17(7-5-16)22-9-11-27-12-10-22/h3-8,13-14,24H,9-12H2,1-2H3/b8-3+. The smallest absolute Gasteiger partial charge is 0.200 e. The fraction of sp³-hybridized carbons (Fsp3) is 0.286. The van der Waals surface area contributed by atoms with Gasteiger partial charge in [0.1, 0.15) is 0 Å². The highest BCUT2D eigenvalue weighted by Gasteiger charge is 2.12. The molecule has 1 aliphatic heterocycles. The summed E-state index contributed by atoms with van der Waals surface area (Å²) in [4.78, 5) is 14.7. The highest BCUT2D eigenvalue weighted by atomic mass is 16.5. The number of aromatic hydroxyl groups is 1. The van der Waals surface area contributed by atoms with Crippen LogP contribution < -0.4 is 14.4 Å². The lowest BCUT2D eigenvalue weighted by Gasteiger charge is -2.28. The van der Waals surface area contributed by atoms with Crippen LogP contribution in [0.4, 0.5) is 5.69 Å². The van der Waals surface area contributed by atoms with E-state index in [1.807, 2.05) is 24.3 Å². The maximum Gasteiger partial charge on any atom is 0.200 e. The van der Waals surface area contributed by atoms with Crippen molar-refractivity contribution in [2.24, 2.45) is 0 Å². The Morgan fingerprint density at radius 3 is 2.22 bits per heavy atom. The second-order valence-electron chi connectivity index (χ2n) is 6.12. The van der Waals surface area contributed by atoms with Crippen LogP contribution in [0.15, 0.2) is 42.5 Å². The average molecular weight is 369 g/mol. The second kappa shape index (κ2) is 8.60. The van der Waals surface area contributed by atoms with Gasteiger partial charge in [-0.3, -0.25) is 4.79 Å². The maximum absolute atomic E-state index is 12.4. The molecular formula is C21H23NO5. The first-order valence-corrected chi connectivity index (χ1v) is 8.72. The second-order valence-corrected chi connectivity index (χ2v) is 6.12. The molecule has 6 heteroatoms. The molecule has 1 aliphatic rings. The first kappa shape index (κ1) is 18.8. The quantitative estimate of drug-likeness (QED) is 0.623. The number of ether oxygens (including phenoxy) is 3. The van der Waals surface area contributed by atoms with Crippen LogP contribution in [0.2, 0.25) is 0 Å². The minimum absolute atomic E-state index is 0.0674. The zero-order valence-corrected chi connectivity index (χ0v) is 15.5. The van der Waals surface area contributed by atoms with Gasteiger partial charge >= 0.3 is 0 Å². The molecule has 0 aliphatic carbocycles. The van der Waals surface area contributed by atoms with Gasteiger partial charge in [-0.15, -0.1) is 0 Å². The number of carbonyl (C=O) groups is 1. The monoisotopic (exact) mass is 369 g/mol. The van der Waals surface area contributed by atoms with Crippen LogP contribution in [0.1, 0.15) is 15.9 Å². The predicted molar refractivity (Wildman–Crippen MR) is 104 cm³/mol. The minimum Gasteiger partial charge on any atom is -0.502 e. The summed E-state index contributed by atoms with van der Waals surface area (Å²) in [5.74, 6) is 0.407. The van der Waals surface area contributed by atoms with Crippen LogP contribution in [-0.4, -0.2) is 51.4 Å². The first-order chi connectivity index (χ1) is 13.1. The summed E-state index contributed by atoms with van der Waals surface area (Å²) < 4.78 is 15.6. The number of hydrogen-bond donors (Lipinski definition) is 1. The molecule has 6 nitrogen and oxygen atoms in total. The Hall–Kier alpha value is -2.99. The van der Waals surface area contributed by atoms with E-state index in [0.29, 0.717) is 11.1 Å². The summed E-state index contributed by atoms with van der Waals surface area (Å²) in [6, 6.07) is 10.9. The molecule has 2 aromatic rings. The largest absolute Gasteiger partial charge is 0.502 e. The van der Waals surface area contributed by atoms with Gasteiger partial charge in [0.15, 0.2) is 17.3 Å². The fourth-order valence-electron chi connectivity index (χ4n) is 2.94. The van der Waals surface area contributed by atoms with E-state index >= 15 is 0 Å². The normalized spacial score (nSPS) is 14.4. The van der Waals surface area contributed by atoms with Crippen molar-refractivity contribution >= 4 is 17.5 Å². The molecule has 0 unspecified atom stereocenters. The average Bonchev–Trinajstić information content (AvgIpc) is 2.73. The molecule has 0 atom stereocenters. The van der Waals surface area contributed by atoms with Crippen molar-refractivity contribution in [3.8, 4) is 17.2 Å². The number of ketones is 1. The van der Waals surface area contributed by atoms with Crippen LogP contribution in [0, 0.1) is 0 Å². The van der Waals surface area contributed by atoms with E-state index in [2.05, 4.69) is 4.90 Å². The van der Waals surface area contributed by atoms with Crippen molar-refractivity contribution < 1.29 is 24.1 Å². The minimum atomic E-state index is -0.102. The Balaban J connectivity index is 1.73. The highest BCUT2D eigenvalue weighted by molar-refractivity contribution is 6.07. The number of hydrogen-bond acceptors (Lipinski definition) is 6. The van der Waals surface area contributed by atoms with Gasteiger partial charge in [0.25, 0.3) is 0 Å². The third-order valence-corrected chi connectivity index (χ3v) is 4.46. The van der Waals surface area contributed by atoms with Gasteiger partial charge in [-0.1, -0.05) is 6.08 Å². The number of phenolic OH excluding ortho intramolecular Hbond substituents is 1. The third kappa shape index (κ3) is 4.41. The van der Waals surface area contributed by atoms with Crippen LogP contribution in [0.25, 0.3) is 6.08 Å². The van der Waals surface area contributed by atoms with E-state index in [1.165, 1.54) is 20.3 Å². The molecular weight excluding hydrogens is 346 g/mol. The lowest BCUT2D eigenvalue weighted by molar-refractivity contribution is 0.104. The lowest BCUT2D eigenvalue weighted by Crippen LogP contribution is -2.36. The van der Waals surface area contributed by atoms with Gasteiger partial charge in [0.2, 0.25) is 5.75 Å². The third-order valence-electron chi connectivity index (χ3n) is 4.46. The highest BCUT2D eigenvalue weighted by Crippen LogP contribution is 2.37. The molecule has 27 heavy (non-hydrogen) atoms. The molecule has 0 aromatic heterocycles. The van der Waals surface area contributed by atoms with E-state index in [4.69, 9.17) is 14.2 Å². The van der Waals surface area contributed by atoms with Gasteiger partial charge in [-0.05, 0) is 48.0 Å². The molecule has 1 fully saturated rings. The molecule has 142 valence electrons. The Kier molecular flexibility index (Phi) is 5.98. The number of rotatable bonds is 6. The maximum atomic E-state index is 12.4. The van der Waals surface area contributed by atoms with Crippen molar-refractivity contribution in [1.82, 2.24) is 0 Å². The fourth-order valence-corrected chi connectivity index (χ4v) is 2.94. The molecule has 0 amide bonds. The van der Waals surface area contributed by atoms with E-state index in [1.54, 1.807) is 18.2 Å². The van der Waals surface area contributed by atoms with Crippen molar-refractivity contribution in [1.29, 1.82) is 0 Å².